The highest BCUT2D eigenvalue weighted by molar-refractivity contribution is 5.28. The zero-order chi connectivity index (χ0) is 14.8. The van der Waals surface area contributed by atoms with Crippen molar-refractivity contribution < 1.29 is 22.7 Å². The van der Waals surface area contributed by atoms with Crippen LogP contribution in [0.3, 0.4) is 0 Å². The third-order valence-corrected chi connectivity index (χ3v) is 2.84. The van der Waals surface area contributed by atoms with E-state index in [1.807, 2.05) is 0 Å². The van der Waals surface area contributed by atoms with Crippen LogP contribution in [0, 0.1) is 5.82 Å². The van der Waals surface area contributed by atoms with Gasteiger partial charge < -0.3 is 5.11 Å². The number of aromatic nitrogens is 1. The van der Waals surface area contributed by atoms with Gasteiger partial charge in [-0.25, -0.2) is 4.39 Å². The van der Waals surface area contributed by atoms with Gasteiger partial charge in [0.15, 0.2) is 0 Å². The summed E-state index contributed by atoms with van der Waals surface area (Å²) < 4.78 is 50.7. The maximum atomic E-state index is 13.4. The van der Waals surface area contributed by atoms with Gasteiger partial charge in [-0.05, 0) is 29.3 Å². The van der Waals surface area contributed by atoms with E-state index in [0.29, 0.717) is 17.7 Å². The molecule has 0 saturated carbocycles. The number of rotatable bonds is 3. The Labute approximate surface area is 112 Å². The number of pyridine rings is 1. The van der Waals surface area contributed by atoms with Crippen LogP contribution in [-0.2, 0) is 12.6 Å². The van der Waals surface area contributed by atoms with Crippen LogP contribution >= 0.6 is 0 Å². The first kappa shape index (κ1) is 14.5. The van der Waals surface area contributed by atoms with Crippen LogP contribution in [-0.4, -0.2) is 10.1 Å². The first-order valence-electron chi connectivity index (χ1n) is 5.81. The molecule has 106 valence electrons. The quantitative estimate of drug-likeness (QED) is 0.875. The van der Waals surface area contributed by atoms with Gasteiger partial charge in [0.1, 0.15) is 5.82 Å². The fourth-order valence-electron chi connectivity index (χ4n) is 1.83. The molecule has 1 aromatic carbocycles. The lowest BCUT2D eigenvalue weighted by Gasteiger charge is -2.13. The minimum atomic E-state index is -4.74. The summed E-state index contributed by atoms with van der Waals surface area (Å²) in [5.74, 6) is -1.39. The highest BCUT2D eigenvalue weighted by atomic mass is 19.4. The van der Waals surface area contributed by atoms with Crippen LogP contribution in [0.5, 0.6) is 0 Å². The van der Waals surface area contributed by atoms with E-state index >= 15 is 0 Å². The van der Waals surface area contributed by atoms with E-state index < -0.39 is 23.7 Å². The fourth-order valence-corrected chi connectivity index (χ4v) is 1.83. The summed E-state index contributed by atoms with van der Waals surface area (Å²) in [6.07, 6.45) is -2.58. The molecule has 2 nitrogen and oxygen atoms in total. The Morgan fingerprint density at radius 1 is 1.20 bits per heavy atom. The molecule has 0 amide bonds. The molecule has 1 heterocycles. The minimum absolute atomic E-state index is 0.0966. The number of aliphatic hydroxyl groups is 1. The predicted octanol–water partition coefficient (Wildman–Crippen LogP) is 3.52. The van der Waals surface area contributed by atoms with Crippen molar-refractivity contribution in [1.82, 2.24) is 4.98 Å². The summed E-state index contributed by atoms with van der Waals surface area (Å²) in [6.45, 7) is 0. The van der Waals surface area contributed by atoms with Crippen LogP contribution in [0.1, 0.15) is 22.8 Å². The summed E-state index contributed by atoms with van der Waals surface area (Å²) >= 11 is 0. The third-order valence-electron chi connectivity index (χ3n) is 2.84. The maximum absolute atomic E-state index is 13.4. The Bertz CT molecular complexity index is 583. The average molecular weight is 285 g/mol. The Kier molecular flexibility index (Phi) is 4.04. The lowest BCUT2D eigenvalue weighted by molar-refractivity contribution is -0.140. The number of halogens is 4. The summed E-state index contributed by atoms with van der Waals surface area (Å²) in [7, 11) is 0. The number of benzene rings is 1. The topological polar surface area (TPSA) is 33.1 Å². The molecule has 2 rings (SSSR count). The second-order valence-corrected chi connectivity index (χ2v) is 4.32. The molecule has 1 aromatic heterocycles. The molecular weight excluding hydrogens is 274 g/mol. The van der Waals surface area contributed by atoms with Gasteiger partial charge in [0.25, 0.3) is 0 Å². The van der Waals surface area contributed by atoms with Crippen LogP contribution < -0.4 is 0 Å². The molecule has 0 radical (unpaired) electrons. The molecule has 0 bridgehead atoms. The molecule has 1 N–H and O–H groups in total. The SMILES string of the molecule is OC(Cc1cccnc1)c1ccc(C(F)(F)F)c(F)c1. The Morgan fingerprint density at radius 3 is 2.50 bits per heavy atom. The van der Waals surface area contributed by atoms with Crippen LogP contribution in [0.4, 0.5) is 17.6 Å². The zero-order valence-corrected chi connectivity index (χ0v) is 10.2. The largest absolute Gasteiger partial charge is 0.419 e. The van der Waals surface area contributed by atoms with Crippen molar-refractivity contribution in [2.75, 3.05) is 0 Å². The van der Waals surface area contributed by atoms with Crippen molar-refractivity contribution in [2.45, 2.75) is 18.7 Å². The molecule has 6 heteroatoms. The Balaban J connectivity index is 2.19. The van der Waals surface area contributed by atoms with Crippen molar-refractivity contribution in [3.8, 4) is 0 Å². The first-order chi connectivity index (χ1) is 9.38. The predicted molar refractivity (Wildman–Crippen MR) is 64.3 cm³/mol. The van der Waals surface area contributed by atoms with Gasteiger partial charge in [-0.15, -0.1) is 0 Å². The highest BCUT2D eigenvalue weighted by Gasteiger charge is 2.34. The van der Waals surface area contributed by atoms with E-state index in [1.165, 1.54) is 6.20 Å². The summed E-state index contributed by atoms with van der Waals surface area (Å²) in [5.41, 5.74) is -0.533. The second-order valence-electron chi connectivity index (χ2n) is 4.32. The molecule has 1 unspecified atom stereocenters. The lowest BCUT2D eigenvalue weighted by atomic mass is 10.0. The second kappa shape index (κ2) is 5.58. The molecular formula is C14H11F4NO. The van der Waals surface area contributed by atoms with Crippen molar-refractivity contribution >= 4 is 0 Å². The number of nitrogens with zero attached hydrogens (tertiary/aromatic N) is 1. The molecule has 0 saturated heterocycles. The van der Waals surface area contributed by atoms with Crippen molar-refractivity contribution in [3.63, 3.8) is 0 Å². The number of hydrogen-bond donors (Lipinski definition) is 1. The van der Waals surface area contributed by atoms with Gasteiger partial charge in [0.2, 0.25) is 0 Å². The molecule has 0 aliphatic carbocycles. The number of alkyl halides is 3. The van der Waals surface area contributed by atoms with E-state index in [0.717, 1.165) is 6.07 Å². The third kappa shape index (κ3) is 3.33. The maximum Gasteiger partial charge on any atom is 0.419 e. The molecule has 1 atom stereocenters. The Hall–Kier alpha value is -1.95. The lowest BCUT2D eigenvalue weighted by Crippen LogP contribution is -2.10. The van der Waals surface area contributed by atoms with Crippen molar-refractivity contribution in [3.05, 3.63) is 65.2 Å². The zero-order valence-electron chi connectivity index (χ0n) is 10.2. The van der Waals surface area contributed by atoms with Crippen LogP contribution in [0.25, 0.3) is 0 Å². The normalized spacial score (nSPS) is 13.2. The molecule has 2 aromatic rings. The molecule has 20 heavy (non-hydrogen) atoms. The number of aliphatic hydroxyl groups excluding tert-OH is 1. The molecule has 0 aliphatic rings. The van der Waals surface area contributed by atoms with Gasteiger partial charge in [0, 0.05) is 18.8 Å². The van der Waals surface area contributed by atoms with Gasteiger partial charge in [-0.3, -0.25) is 4.98 Å². The van der Waals surface area contributed by atoms with E-state index in [2.05, 4.69) is 4.98 Å². The van der Waals surface area contributed by atoms with E-state index in [-0.39, 0.29) is 12.0 Å². The first-order valence-corrected chi connectivity index (χ1v) is 5.81. The molecule has 0 aliphatic heterocycles. The van der Waals surface area contributed by atoms with Crippen LogP contribution in [0.15, 0.2) is 42.7 Å². The van der Waals surface area contributed by atoms with Crippen LogP contribution in [0.2, 0.25) is 0 Å². The van der Waals surface area contributed by atoms with Gasteiger partial charge in [0.05, 0.1) is 11.7 Å². The van der Waals surface area contributed by atoms with Gasteiger partial charge in [-0.2, -0.15) is 13.2 Å². The summed E-state index contributed by atoms with van der Waals surface area (Å²) in [6, 6.07) is 5.82. The average Bonchev–Trinajstić information content (AvgIpc) is 2.38. The summed E-state index contributed by atoms with van der Waals surface area (Å²) in [5, 5.41) is 9.92. The standard InChI is InChI=1S/C14H11F4NO/c15-12-7-10(3-4-11(12)14(16,17)18)13(20)6-9-2-1-5-19-8-9/h1-5,7-8,13,20H,6H2. The summed E-state index contributed by atoms with van der Waals surface area (Å²) in [4.78, 5) is 3.86. The monoisotopic (exact) mass is 285 g/mol. The van der Waals surface area contributed by atoms with Crippen molar-refractivity contribution in [2.24, 2.45) is 0 Å². The minimum Gasteiger partial charge on any atom is -0.388 e. The molecule has 0 fully saturated rings. The fraction of sp³-hybridized carbons (Fsp3) is 0.214. The number of hydrogen-bond acceptors (Lipinski definition) is 2. The smallest absolute Gasteiger partial charge is 0.388 e. The van der Waals surface area contributed by atoms with Gasteiger partial charge >= 0.3 is 6.18 Å². The van der Waals surface area contributed by atoms with E-state index in [4.69, 9.17) is 0 Å². The van der Waals surface area contributed by atoms with Crippen molar-refractivity contribution in [1.29, 1.82) is 0 Å². The van der Waals surface area contributed by atoms with Gasteiger partial charge in [-0.1, -0.05) is 12.1 Å². The molecule has 0 spiro atoms. The Morgan fingerprint density at radius 2 is 1.95 bits per heavy atom. The van der Waals surface area contributed by atoms with E-state index in [1.54, 1.807) is 18.3 Å². The van der Waals surface area contributed by atoms with E-state index in [9.17, 15) is 22.7 Å². The highest BCUT2D eigenvalue weighted by Crippen LogP contribution is 2.32.